The molecule has 1 aliphatic heterocycles. The molecule has 1 amide bonds. The van der Waals surface area contributed by atoms with Crippen molar-refractivity contribution in [3.63, 3.8) is 0 Å². The Morgan fingerprint density at radius 3 is 2.45 bits per heavy atom. The molecule has 1 aromatic heterocycles. The first-order valence-corrected chi connectivity index (χ1v) is 9.49. The number of aliphatic hydroxyl groups excluding tert-OH is 1. The zero-order valence-corrected chi connectivity index (χ0v) is 16.5. The molecular weight excluding hydrogens is 388 g/mol. The number of ether oxygens (including phenoxy) is 1. The van der Waals surface area contributed by atoms with Crippen molar-refractivity contribution in [1.82, 2.24) is 9.88 Å². The van der Waals surface area contributed by atoms with Crippen molar-refractivity contribution in [1.29, 1.82) is 0 Å². The summed E-state index contributed by atoms with van der Waals surface area (Å²) in [6.07, 6.45) is 3.40. The number of halogens is 1. The van der Waals surface area contributed by atoms with E-state index >= 15 is 0 Å². The summed E-state index contributed by atoms with van der Waals surface area (Å²) >= 11 is 6.06. The second kappa shape index (κ2) is 7.97. The van der Waals surface area contributed by atoms with Gasteiger partial charge in [0.1, 0.15) is 5.75 Å². The Bertz CT molecular complexity index is 1050. The van der Waals surface area contributed by atoms with Crippen LogP contribution in [0.5, 0.6) is 5.75 Å². The molecular formula is C23H19ClN2O3. The zero-order valence-electron chi connectivity index (χ0n) is 15.7. The van der Waals surface area contributed by atoms with Gasteiger partial charge in [0.05, 0.1) is 13.2 Å². The molecule has 0 aliphatic carbocycles. The lowest BCUT2D eigenvalue weighted by molar-refractivity contribution is -0.130. The highest BCUT2D eigenvalue weighted by Gasteiger charge is 2.41. The lowest BCUT2D eigenvalue weighted by atomic mass is 9.93. The molecule has 0 unspecified atom stereocenters. The number of aromatic nitrogens is 1. The van der Waals surface area contributed by atoms with Crippen LogP contribution in [0.1, 0.15) is 22.7 Å². The third-order valence-corrected chi connectivity index (χ3v) is 5.22. The molecule has 1 aliphatic rings. The zero-order chi connectivity index (χ0) is 20.4. The van der Waals surface area contributed by atoms with Gasteiger partial charge in [-0.3, -0.25) is 9.78 Å². The molecule has 0 fully saturated rings. The van der Waals surface area contributed by atoms with Crippen LogP contribution in [0, 0.1) is 0 Å². The summed E-state index contributed by atoms with van der Waals surface area (Å²) in [7, 11) is 1.59. The number of benzene rings is 2. The van der Waals surface area contributed by atoms with Crippen molar-refractivity contribution >= 4 is 23.1 Å². The lowest BCUT2D eigenvalue weighted by Crippen LogP contribution is -2.29. The van der Waals surface area contributed by atoms with E-state index in [0.29, 0.717) is 22.9 Å². The van der Waals surface area contributed by atoms with E-state index in [0.717, 1.165) is 16.7 Å². The van der Waals surface area contributed by atoms with Crippen LogP contribution in [0.25, 0.3) is 5.57 Å². The number of aliphatic hydroxyl groups is 1. The summed E-state index contributed by atoms with van der Waals surface area (Å²) in [6, 6.07) is 17.9. The van der Waals surface area contributed by atoms with Crippen LogP contribution >= 0.6 is 11.6 Å². The molecule has 1 N–H and O–H groups in total. The number of amides is 1. The fourth-order valence-electron chi connectivity index (χ4n) is 3.56. The predicted molar refractivity (Wildman–Crippen MR) is 112 cm³/mol. The Morgan fingerprint density at radius 1 is 1.10 bits per heavy atom. The molecule has 6 heteroatoms. The first-order valence-electron chi connectivity index (χ1n) is 9.11. The highest BCUT2D eigenvalue weighted by Crippen LogP contribution is 2.44. The first kappa shape index (κ1) is 19.0. The molecule has 146 valence electrons. The molecule has 0 saturated carbocycles. The van der Waals surface area contributed by atoms with Crippen molar-refractivity contribution in [2.45, 2.75) is 12.6 Å². The molecule has 0 bridgehead atoms. The van der Waals surface area contributed by atoms with Crippen LogP contribution in [0.15, 0.2) is 78.8 Å². The van der Waals surface area contributed by atoms with Gasteiger partial charge in [-0.1, -0.05) is 41.9 Å². The summed E-state index contributed by atoms with van der Waals surface area (Å²) in [5.41, 5.74) is 3.05. The Balaban J connectivity index is 1.80. The second-order valence-corrected chi connectivity index (χ2v) is 7.18. The average molecular weight is 407 g/mol. The van der Waals surface area contributed by atoms with Crippen molar-refractivity contribution in [2.24, 2.45) is 0 Å². The second-order valence-electron chi connectivity index (χ2n) is 6.74. The van der Waals surface area contributed by atoms with Gasteiger partial charge in [-0.2, -0.15) is 0 Å². The maximum absolute atomic E-state index is 13.0. The van der Waals surface area contributed by atoms with Gasteiger partial charge in [0.15, 0.2) is 5.76 Å². The van der Waals surface area contributed by atoms with Crippen LogP contribution in [0.4, 0.5) is 0 Å². The summed E-state index contributed by atoms with van der Waals surface area (Å²) in [5, 5.41) is 11.4. The van der Waals surface area contributed by atoms with E-state index in [1.54, 1.807) is 36.5 Å². The van der Waals surface area contributed by atoms with Crippen molar-refractivity contribution < 1.29 is 14.6 Å². The highest BCUT2D eigenvalue weighted by atomic mass is 35.5. The number of rotatable bonds is 5. The largest absolute Gasteiger partial charge is 0.503 e. The fourth-order valence-corrected chi connectivity index (χ4v) is 3.69. The molecule has 5 nitrogen and oxygen atoms in total. The van der Waals surface area contributed by atoms with E-state index in [4.69, 9.17) is 16.3 Å². The Morgan fingerprint density at radius 2 is 1.83 bits per heavy atom. The van der Waals surface area contributed by atoms with Gasteiger partial charge >= 0.3 is 0 Å². The topological polar surface area (TPSA) is 62.7 Å². The number of methoxy groups -OCH3 is 1. The molecule has 4 rings (SSSR count). The van der Waals surface area contributed by atoms with Gasteiger partial charge in [-0.25, -0.2) is 0 Å². The Kier molecular flexibility index (Phi) is 5.23. The fraction of sp³-hybridized carbons (Fsp3) is 0.130. The highest BCUT2D eigenvalue weighted by molar-refractivity contribution is 6.30. The monoisotopic (exact) mass is 406 g/mol. The van der Waals surface area contributed by atoms with Gasteiger partial charge in [-0.15, -0.1) is 0 Å². The summed E-state index contributed by atoms with van der Waals surface area (Å²) in [5.74, 6) is 0.0343. The van der Waals surface area contributed by atoms with Gasteiger partial charge < -0.3 is 14.7 Å². The summed E-state index contributed by atoms with van der Waals surface area (Å²) in [4.78, 5) is 18.8. The van der Waals surface area contributed by atoms with E-state index in [1.807, 2.05) is 48.5 Å². The van der Waals surface area contributed by atoms with Crippen LogP contribution in [0.2, 0.25) is 5.02 Å². The number of carbonyl (C=O) groups excluding carboxylic acids is 1. The van der Waals surface area contributed by atoms with Crippen LogP contribution < -0.4 is 4.74 Å². The maximum atomic E-state index is 13.0. The lowest BCUT2D eigenvalue weighted by Gasteiger charge is -2.27. The normalized spacial score (nSPS) is 16.4. The molecule has 29 heavy (non-hydrogen) atoms. The summed E-state index contributed by atoms with van der Waals surface area (Å²) in [6.45, 7) is 0.323. The SMILES string of the molecule is COc1ccc(C2=C(O)C(=O)N(Cc3cccnc3)[C@@H]2c2ccc(Cl)cc2)cc1. The van der Waals surface area contributed by atoms with E-state index in [1.165, 1.54) is 0 Å². The minimum absolute atomic E-state index is 0.251. The Hall–Kier alpha value is -3.31. The van der Waals surface area contributed by atoms with Crippen molar-refractivity contribution in [3.05, 3.63) is 101 Å². The van der Waals surface area contributed by atoms with Crippen LogP contribution in [0.3, 0.4) is 0 Å². The molecule has 0 radical (unpaired) electrons. The third kappa shape index (κ3) is 3.69. The maximum Gasteiger partial charge on any atom is 0.290 e. The van der Waals surface area contributed by atoms with Crippen molar-refractivity contribution in [3.8, 4) is 5.75 Å². The smallest absolute Gasteiger partial charge is 0.290 e. The van der Waals surface area contributed by atoms with E-state index < -0.39 is 11.9 Å². The van der Waals surface area contributed by atoms with Gasteiger partial charge in [0.25, 0.3) is 5.91 Å². The third-order valence-electron chi connectivity index (χ3n) is 4.97. The van der Waals surface area contributed by atoms with Crippen LogP contribution in [-0.2, 0) is 11.3 Å². The average Bonchev–Trinajstić information content (AvgIpc) is 3.00. The molecule has 1 atom stereocenters. The van der Waals surface area contributed by atoms with Gasteiger partial charge in [0.2, 0.25) is 0 Å². The number of hydrogen-bond donors (Lipinski definition) is 1. The molecule has 3 aromatic rings. The minimum Gasteiger partial charge on any atom is -0.503 e. The minimum atomic E-state index is -0.451. The van der Waals surface area contributed by atoms with E-state index in [9.17, 15) is 9.90 Å². The first-order chi connectivity index (χ1) is 14.1. The molecule has 2 aromatic carbocycles. The number of nitrogens with zero attached hydrogens (tertiary/aromatic N) is 2. The number of pyridine rings is 1. The molecule has 0 spiro atoms. The predicted octanol–water partition coefficient (Wildman–Crippen LogP) is 4.80. The molecule has 0 saturated heterocycles. The standard InChI is InChI=1S/C23H19ClN2O3/c1-29-19-10-6-16(7-11-19)20-21(17-4-8-18(24)9-5-17)26(23(28)22(20)27)14-15-3-2-12-25-13-15/h2-13,21,27H,14H2,1H3/t21-/m1/s1. The summed E-state index contributed by atoms with van der Waals surface area (Å²) < 4.78 is 5.23. The number of hydrogen-bond acceptors (Lipinski definition) is 4. The van der Waals surface area contributed by atoms with E-state index in [2.05, 4.69) is 4.98 Å². The number of carbonyl (C=O) groups is 1. The molecule has 2 heterocycles. The van der Waals surface area contributed by atoms with Gasteiger partial charge in [-0.05, 0) is 47.0 Å². The Labute approximate surface area is 173 Å². The van der Waals surface area contributed by atoms with Gasteiger partial charge in [0, 0.05) is 29.5 Å². The van der Waals surface area contributed by atoms with Crippen LogP contribution in [-0.4, -0.2) is 28.0 Å². The van der Waals surface area contributed by atoms with E-state index in [-0.39, 0.29) is 5.76 Å². The van der Waals surface area contributed by atoms with Crippen molar-refractivity contribution in [2.75, 3.05) is 7.11 Å². The quantitative estimate of drug-likeness (QED) is 0.661.